The second-order valence-corrected chi connectivity index (χ2v) is 4.96. The Morgan fingerprint density at radius 2 is 1.77 bits per heavy atom. The molecule has 0 atom stereocenters. The lowest BCUT2D eigenvalue weighted by atomic mass is 10.1. The van der Waals surface area contributed by atoms with E-state index >= 15 is 0 Å². The van der Waals surface area contributed by atoms with Crippen LogP contribution in [-0.2, 0) is 0 Å². The largest absolute Gasteiger partial charge is 0.289 e. The Morgan fingerprint density at radius 3 is 2.50 bits per heavy atom. The fraction of sp³-hybridized carbons (Fsp3) is 0.0556. The van der Waals surface area contributed by atoms with Crippen LogP contribution in [0.4, 0.5) is 0 Å². The Bertz CT molecular complexity index is 802. The number of para-hydroxylation sites is 1. The van der Waals surface area contributed by atoms with Crippen LogP contribution < -0.4 is 0 Å². The van der Waals surface area contributed by atoms with Crippen molar-refractivity contribution < 1.29 is 4.79 Å². The van der Waals surface area contributed by atoms with Crippen molar-refractivity contribution in [3.8, 4) is 5.69 Å². The minimum atomic E-state index is -0.0470. The molecular formula is C18H15N3O. The summed E-state index contributed by atoms with van der Waals surface area (Å²) in [5.74, 6) is -0.0470. The Balaban J connectivity index is 1.75. The summed E-state index contributed by atoms with van der Waals surface area (Å²) >= 11 is 0. The zero-order valence-electron chi connectivity index (χ0n) is 12.2. The number of allylic oxidation sites excluding steroid dienone is 1. The molecule has 0 unspecified atom stereocenters. The van der Waals surface area contributed by atoms with Crippen LogP contribution in [0.3, 0.4) is 0 Å². The van der Waals surface area contributed by atoms with E-state index in [0.717, 1.165) is 11.3 Å². The maximum Gasteiger partial charge on any atom is 0.185 e. The molecule has 1 heterocycles. The summed E-state index contributed by atoms with van der Waals surface area (Å²) in [4.78, 5) is 13.6. The molecule has 0 radical (unpaired) electrons. The van der Waals surface area contributed by atoms with Crippen molar-refractivity contribution in [2.45, 2.75) is 6.92 Å². The molecule has 0 saturated carbocycles. The molecule has 0 spiro atoms. The summed E-state index contributed by atoms with van der Waals surface area (Å²) in [5.41, 5.74) is 3.32. The van der Waals surface area contributed by atoms with Gasteiger partial charge in [-0.25, -0.2) is 0 Å². The van der Waals surface area contributed by atoms with Gasteiger partial charge < -0.3 is 0 Å². The van der Waals surface area contributed by atoms with Crippen molar-refractivity contribution in [3.63, 3.8) is 0 Å². The molecule has 0 aliphatic rings. The van der Waals surface area contributed by atoms with E-state index < -0.39 is 0 Å². The number of hydrogen-bond donors (Lipinski definition) is 0. The smallest absolute Gasteiger partial charge is 0.185 e. The zero-order valence-corrected chi connectivity index (χ0v) is 12.2. The van der Waals surface area contributed by atoms with Gasteiger partial charge in [-0.05, 0) is 31.2 Å². The molecule has 2 aromatic carbocycles. The highest BCUT2D eigenvalue weighted by molar-refractivity contribution is 6.06. The van der Waals surface area contributed by atoms with Crippen LogP contribution in [0.1, 0.15) is 21.6 Å². The lowest BCUT2D eigenvalue weighted by Crippen LogP contribution is -1.98. The highest BCUT2D eigenvalue weighted by Crippen LogP contribution is 2.08. The summed E-state index contributed by atoms with van der Waals surface area (Å²) in [6, 6.07) is 17.1. The molecule has 0 aliphatic carbocycles. The van der Waals surface area contributed by atoms with Crippen LogP contribution in [0, 0.1) is 6.92 Å². The third-order valence-corrected chi connectivity index (χ3v) is 3.24. The van der Waals surface area contributed by atoms with Gasteiger partial charge in [0.15, 0.2) is 5.78 Å². The number of carbonyl (C=O) groups excluding carboxylic acids is 1. The molecule has 0 fully saturated rings. The van der Waals surface area contributed by atoms with Crippen molar-refractivity contribution in [1.29, 1.82) is 0 Å². The van der Waals surface area contributed by atoms with Gasteiger partial charge in [0.25, 0.3) is 0 Å². The fourth-order valence-corrected chi connectivity index (χ4v) is 2.01. The molecule has 0 amide bonds. The average Bonchev–Trinajstić information content (AvgIpc) is 3.03. The van der Waals surface area contributed by atoms with E-state index in [-0.39, 0.29) is 5.78 Å². The number of hydrogen-bond acceptors (Lipinski definition) is 3. The van der Waals surface area contributed by atoms with Crippen molar-refractivity contribution in [3.05, 3.63) is 83.7 Å². The molecule has 0 bridgehead atoms. The molecule has 0 N–H and O–H groups in total. The van der Waals surface area contributed by atoms with Gasteiger partial charge in [-0.2, -0.15) is 9.90 Å². The minimum absolute atomic E-state index is 0.0470. The monoisotopic (exact) mass is 289 g/mol. The van der Waals surface area contributed by atoms with E-state index in [1.807, 2.05) is 61.5 Å². The molecule has 0 aliphatic heterocycles. The van der Waals surface area contributed by atoms with Crippen LogP contribution in [0.15, 0.2) is 66.9 Å². The second-order valence-electron chi connectivity index (χ2n) is 4.96. The van der Waals surface area contributed by atoms with Crippen molar-refractivity contribution in [1.82, 2.24) is 15.0 Å². The molecule has 3 rings (SSSR count). The predicted octanol–water partition coefficient (Wildman–Crippen LogP) is 3.47. The van der Waals surface area contributed by atoms with Gasteiger partial charge in [-0.3, -0.25) is 4.79 Å². The Labute approximate surface area is 128 Å². The standard InChI is InChI=1S/C18H15N3O/c1-14-7-9-15(10-8-14)18(22)12-11-16-13-19-21(20-16)17-5-3-2-4-6-17/h2-13H,1H3/b12-11+. The first-order valence-electron chi connectivity index (χ1n) is 6.99. The van der Waals surface area contributed by atoms with Crippen molar-refractivity contribution in [2.75, 3.05) is 0 Å². The van der Waals surface area contributed by atoms with Gasteiger partial charge in [0.1, 0.15) is 5.69 Å². The number of aryl methyl sites for hydroxylation is 1. The average molecular weight is 289 g/mol. The number of rotatable bonds is 4. The van der Waals surface area contributed by atoms with E-state index in [9.17, 15) is 4.79 Å². The Hall–Kier alpha value is -3.01. The second kappa shape index (κ2) is 6.18. The summed E-state index contributed by atoms with van der Waals surface area (Å²) in [7, 11) is 0. The van der Waals surface area contributed by atoms with Gasteiger partial charge in [-0.1, -0.05) is 48.0 Å². The van der Waals surface area contributed by atoms with E-state index in [2.05, 4.69) is 10.2 Å². The summed E-state index contributed by atoms with van der Waals surface area (Å²) in [5, 5.41) is 8.52. The number of aromatic nitrogens is 3. The molecule has 4 heteroatoms. The first-order chi connectivity index (χ1) is 10.7. The summed E-state index contributed by atoms with van der Waals surface area (Å²) in [6.45, 7) is 1.99. The normalized spacial score (nSPS) is 11.0. The Morgan fingerprint density at radius 1 is 1.05 bits per heavy atom. The van der Waals surface area contributed by atoms with Crippen LogP contribution in [0.2, 0.25) is 0 Å². The lowest BCUT2D eigenvalue weighted by Gasteiger charge is -1.97. The number of carbonyl (C=O) groups is 1. The summed E-state index contributed by atoms with van der Waals surface area (Å²) < 4.78 is 0. The third-order valence-electron chi connectivity index (χ3n) is 3.24. The number of ketones is 1. The van der Waals surface area contributed by atoms with Gasteiger partial charge in [0.2, 0.25) is 0 Å². The Kier molecular flexibility index (Phi) is 3.92. The number of benzene rings is 2. The molecular weight excluding hydrogens is 274 g/mol. The van der Waals surface area contributed by atoms with Gasteiger partial charge in [0.05, 0.1) is 11.9 Å². The van der Waals surface area contributed by atoms with E-state index in [0.29, 0.717) is 11.3 Å². The third kappa shape index (κ3) is 3.17. The van der Waals surface area contributed by atoms with E-state index in [1.165, 1.54) is 10.9 Å². The van der Waals surface area contributed by atoms with Gasteiger partial charge in [0, 0.05) is 5.56 Å². The fourth-order valence-electron chi connectivity index (χ4n) is 2.01. The van der Waals surface area contributed by atoms with Crippen molar-refractivity contribution in [2.24, 2.45) is 0 Å². The molecule has 22 heavy (non-hydrogen) atoms. The molecule has 108 valence electrons. The topological polar surface area (TPSA) is 47.8 Å². The van der Waals surface area contributed by atoms with Gasteiger partial charge in [-0.15, -0.1) is 5.10 Å². The first-order valence-corrected chi connectivity index (χ1v) is 6.99. The zero-order chi connectivity index (χ0) is 15.4. The van der Waals surface area contributed by atoms with Gasteiger partial charge >= 0.3 is 0 Å². The van der Waals surface area contributed by atoms with Crippen LogP contribution in [0.5, 0.6) is 0 Å². The highest BCUT2D eigenvalue weighted by Gasteiger charge is 2.03. The molecule has 4 nitrogen and oxygen atoms in total. The maximum atomic E-state index is 12.1. The lowest BCUT2D eigenvalue weighted by molar-refractivity contribution is 0.104. The quantitative estimate of drug-likeness (QED) is 0.546. The first kappa shape index (κ1) is 13.9. The van der Waals surface area contributed by atoms with Crippen LogP contribution >= 0.6 is 0 Å². The van der Waals surface area contributed by atoms with E-state index in [4.69, 9.17) is 0 Å². The number of nitrogens with zero attached hydrogens (tertiary/aromatic N) is 3. The van der Waals surface area contributed by atoms with E-state index in [1.54, 1.807) is 12.3 Å². The maximum absolute atomic E-state index is 12.1. The minimum Gasteiger partial charge on any atom is -0.289 e. The highest BCUT2D eigenvalue weighted by atomic mass is 16.1. The van der Waals surface area contributed by atoms with Crippen LogP contribution in [-0.4, -0.2) is 20.8 Å². The molecule has 1 aromatic heterocycles. The predicted molar refractivity (Wildman–Crippen MR) is 85.9 cm³/mol. The SMILES string of the molecule is Cc1ccc(C(=O)/C=C/c2cnn(-c3ccccc3)n2)cc1. The van der Waals surface area contributed by atoms with Crippen molar-refractivity contribution >= 4 is 11.9 Å². The molecule has 0 saturated heterocycles. The summed E-state index contributed by atoms with van der Waals surface area (Å²) in [6.07, 6.45) is 4.82. The molecule has 3 aromatic rings. The van der Waals surface area contributed by atoms with Crippen LogP contribution in [0.25, 0.3) is 11.8 Å².